The summed E-state index contributed by atoms with van der Waals surface area (Å²) in [6.45, 7) is 7.04. The fourth-order valence-electron chi connectivity index (χ4n) is 1.86. The molecule has 4 nitrogen and oxygen atoms in total. The van der Waals surface area contributed by atoms with E-state index in [4.69, 9.17) is 5.73 Å². The van der Waals surface area contributed by atoms with Crippen molar-refractivity contribution in [3.63, 3.8) is 0 Å². The number of nitrogens with two attached hydrogens (primary N) is 1. The molecule has 1 saturated heterocycles. The van der Waals surface area contributed by atoms with Crippen molar-refractivity contribution in [1.29, 1.82) is 0 Å². The number of rotatable bonds is 2. The van der Waals surface area contributed by atoms with Crippen LogP contribution in [0, 0.1) is 0 Å². The van der Waals surface area contributed by atoms with Crippen LogP contribution in [0.1, 0.15) is 19.5 Å². The van der Waals surface area contributed by atoms with Crippen LogP contribution < -0.4 is 10.6 Å². The van der Waals surface area contributed by atoms with Gasteiger partial charge in [0.15, 0.2) is 0 Å². The molecule has 0 saturated carbocycles. The predicted octanol–water partition coefficient (Wildman–Crippen LogP) is 1.27. The summed E-state index contributed by atoms with van der Waals surface area (Å²) in [5, 5.41) is 0. The van der Waals surface area contributed by atoms with Crippen molar-refractivity contribution < 1.29 is 0 Å². The molecule has 0 radical (unpaired) electrons. The van der Waals surface area contributed by atoms with Gasteiger partial charge in [-0.1, -0.05) is 0 Å². The van der Waals surface area contributed by atoms with Gasteiger partial charge in [0.2, 0.25) is 0 Å². The van der Waals surface area contributed by atoms with Crippen molar-refractivity contribution in [2.24, 2.45) is 5.73 Å². The maximum Gasteiger partial charge on any atom is 0.147 e. The third-order valence-electron chi connectivity index (χ3n) is 2.63. The van der Waals surface area contributed by atoms with E-state index in [-0.39, 0.29) is 0 Å². The van der Waals surface area contributed by atoms with Gasteiger partial charge in [0.1, 0.15) is 5.82 Å². The first-order valence-electron chi connectivity index (χ1n) is 5.51. The molecule has 0 spiro atoms. The van der Waals surface area contributed by atoms with Crippen molar-refractivity contribution >= 4 is 17.6 Å². The second-order valence-corrected chi connectivity index (χ2v) is 6.40. The topological polar surface area (TPSA) is 55.0 Å². The first-order chi connectivity index (χ1) is 7.61. The lowest BCUT2D eigenvalue weighted by Gasteiger charge is -2.38. The first-order valence-corrected chi connectivity index (χ1v) is 6.49. The predicted molar refractivity (Wildman–Crippen MR) is 68.7 cm³/mol. The van der Waals surface area contributed by atoms with E-state index in [1.807, 2.05) is 18.0 Å². The van der Waals surface area contributed by atoms with Crippen molar-refractivity contribution in [3.05, 3.63) is 18.1 Å². The Morgan fingerprint density at radius 2 is 2.31 bits per heavy atom. The van der Waals surface area contributed by atoms with Crippen LogP contribution in [-0.2, 0) is 6.54 Å². The molecule has 16 heavy (non-hydrogen) atoms. The highest BCUT2D eigenvalue weighted by Crippen LogP contribution is 2.31. The lowest BCUT2D eigenvalue weighted by atomic mass is 10.2. The summed E-state index contributed by atoms with van der Waals surface area (Å²) in [5.74, 6) is 2.10. The highest BCUT2D eigenvalue weighted by atomic mass is 32.2. The number of thioether (sulfide) groups is 1. The van der Waals surface area contributed by atoms with Gasteiger partial charge >= 0.3 is 0 Å². The normalized spacial score (nSPS) is 19.8. The van der Waals surface area contributed by atoms with Crippen LogP contribution >= 0.6 is 11.8 Å². The zero-order valence-corrected chi connectivity index (χ0v) is 10.6. The van der Waals surface area contributed by atoms with Gasteiger partial charge in [-0.25, -0.2) is 4.98 Å². The second kappa shape index (κ2) is 4.59. The zero-order valence-electron chi connectivity index (χ0n) is 9.81. The Bertz CT molecular complexity index is 367. The second-order valence-electron chi connectivity index (χ2n) is 4.60. The Morgan fingerprint density at radius 1 is 1.50 bits per heavy atom. The van der Waals surface area contributed by atoms with Crippen molar-refractivity contribution in [2.45, 2.75) is 25.1 Å². The van der Waals surface area contributed by atoms with Crippen LogP contribution in [0.4, 0.5) is 5.82 Å². The molecule has 1 aromatic heterocycles. The lowest BCUT2D eigenvalue weighted by molar-refractivity contribution is 0.640. The largest absolute Gasteiger partial charge is 0.353 e. The first kappa shape index (κ1) is 11.7. The van der Waals surface area contributed by atoms with Crippen molar-refractivity contribution in [2.75, 3.05) is 23.7 Å². The molecule has 88 valence electrons. The number of aromatic nitrogens is 2. The van der Waals surface area contributed by atoms with Crippen molar-refractivity contribution in [3.8, 4) is 0 Å². The molecular formula is C11H18N4S. The van der Waals surface area contributed by atoms with Gasteiger partial charge in [0.05, 0.1) is 11.9 Å². The highest BCUT2D eigenvalue weighted by Gasteiger charge is 2.27. The molecule has 1 aliphatic rings. The average molecular weight is 238 g/mol. The monoisotopic (exact) mass is 238 g/mol. The van der Waals surface area contributed by atoms with E-state index >= 15 is 0 Å². The van der Waals surface area contributed by atoms with E-state index in [9.17, 15) is 0 Å². The molecule has 1 aromatic rings. The maximum atomic E-state index is 5.58. The fourth-order valence-corrected chi connectivity index (χ4v) is 2.97. The van der Waals surface area contributed by atoms with E-state index in [0.29, 0.717) is 11.3 Å². The smallest absolute Gasteiger partial charge is 0.147 e. The number of hydrogen-bond donors (Lipinski definition) is 1. The number of anilines is 1. The Balaban J connectivity index is 2.16. The van der Waals surface area contributed by atoms with Crippen LogP contribution in [0.25, 0.3) is 0 Å². The van der Waals surface area contributed by atoms with Crippen molar-refractivity contribution in [1.82, 2.24) is 9.97 Å². The van der Waals surface area contributed by atoms with E-state index in [1.165, 1.54) is 0 Å². The summed E-state index contributed by atoms with van der Waals surface area (Å²) >= 11 is 2.01. The molecule has 0 amide bonds. The van der Waals surface area contributed by atoms with Crippen LogP contribution in [-0.4, -0.2) is 33.6 Å². The van der Waals surface area contributed by atoms with E-state index in [2.05, 4.69) is 28.7 Å². The molecular weight excluding hydrogens is 220 g/mol. The molecule has 5 heteroatoms. The summed E-state index contributed by atoms with van der Waals surface area (Å²) in [6, 6.07) is 0. The molecule has 2 rings (SSSR count). The minimum absolute atomic E-state index is 0.290. The summed E-state index contributed by atoms with van der Waals surface area (Å²) in [7, 11) is 0. The lowest BCUT2D eigenvalue weighted by Crippen LogP contribution is -2.43. The minimum atomic E-state index is 0.290. The zero-order chi connectivity index (χ0) is 11.6. The summed E-state index contributed by atoms with van der Waals surface area (Å²) < 4.78 is 0.290. The third-order valence-corrected chi connectivity index (χ3v) is 3.93. The van der Waals surface area contributed by atoms with Gasteiger partial charge in [0, 0.05) is 36.3 Å². The third kappa shape index (κ3) is 2.65. The van der Waals surface area contributed by atoms with E-state index < -0.39 is 0 Å². The molecule has 2 heterocycles. The van der Waals surface area contributed by atoms with Gasteiger partial charge in [0.25, 0.3) is 0 Å². The Hall–Kier alpha value is -0.810. The minimum Gasteiger partial charge on any atom is -0.353 e. The average Bonchev–Trinajstić information content (AvgIpc) is 2.28. The van der Waals surface area contributed by atoms with Crippen LogP contribution in [0.5, 0.6) is 0 Å². The quantitative estimate of drug-likeness (QED) is 0.841. The number of hydrogen-bond acceptors (Lipinski definition) is 5. The molecule has 0 bridgehead atoms. The number of nitrogens with zero attached hydrogens (tertiary/aromatic N) is 3. The Morgan fingerprint density at radius 3 is 3.00 bits per heavy atom. The Kier molecular flexibility index (Phi) is 3.35. The van der Waals surface area contributed by atoms with Crippen LogP contribution in [0.2, 0.25) is 0 Å². The van der Waals surface area contributed by atoms with Gasteiger partial charge in [-0.05, 0) is 13.8 Å². The molecule has 0 atom stereocenters. The summed E-state index contributed by atoms with van der Waals surface area (Å²) in [6.07, 6.45) is 3.55. The van der Waals surface area contributed by atoms with Crippen LogP contribution in [0.3, 0.4) is 0 Å². The van der Waals surface area contributed by atoms with E-state index in [1.54, 1.807) is 6.20 Å². The molecule has 0 aliphatic carbocycles. The maximum absolute atomic E-state index is 5.58. The molecule has 1 fully saturated rings. The van der Waals surface area contributed by atoms with Gasteiger partial charge in [-0.3, -0.25) is 4.98 Å². The molecule has 0 unspecified atom stereocenters. The highest BCUT2D eigenvalue weighted by molar-refractivity contribution is 8.00. The standard InChI is InChI=1S/C11H18N4S/c1-11(2)8-15(3-4-16-11)10-7-13-6-9(5-12)14-10/h6-7H,3-5,8,12H2,1-2H3. The summed E-state index contributed by atoms with van der Waals surface area (Å²) in [4.78, 5) is 11.0. The Labute approximate surface area is 101 Å². The van der Waals surface area contributed by atoms with Crippen LogP contribution in [0.15, 0.2) is 12.4 Å². The fraction of sp³-hybridized carbons (Fsp3) is 0.636. The van der Waals surface area contributed by atoms with Gasteiger partial charge in [-0.2, -0.15) is 11.8 Å². The molecule has 0 aromatic carbocycles. The van der Waals surface area contributed by atoms with E-state index in [0.717, 1.165) is 30.4 Å². The SMILES string of the molecule is CC1(C)CN(c2cncc(CN)n2)CCS1. The molecule has 2 N–H and O–H groups in total. The van der Waals surface area contributed by atoms with Gasteiger partial charge < -0.3 is 10.6 Å². The molecule has 1 aliphatic heterocycles. The summed E-state index contributed by atoms with van der Waals surface area (Å²) in [5.41, 5.74) is 6.43. The van der Waals surface area contributed by atoms with Gasteiger partial charge in [-0.15, -0.1) is 0 Å².